The molecule has 0 spiro atoms. The maximum atomic E-state index is 5.31. The highest BCUT2D eigenvalue weighted by atomic mass is 32.1. The number of terminal acetylenes is 1. The second kappa shape index (κ2) is 4.63. The Hall–Kier alpha value is -1.78. The van der Waals surface area contributed by atoms with Gasteiger partial charge >= 0.3 is 0 Å². The van der Waals surface area contributed by atoms with Crippen LogP contribution < -0.4 is 0 Å². The van der Waals surface area contributed by atoms with Crippen LogP contribution in [0.2, 0.25) is 0 Å². The molecule has 0 aliphatic rings. The van der Waals surface area contributed by atoms with Gasteiger partial charge in [0.2, 0.25) is 0 Å². The number of rotatable bonds is 2. The Kier molecular flexibility index (Phi) is 3.02. The van der Waals surface area contributed by atoms with Crippen LogP contribution in [0.4, 0.5) is 0 Å². The summed E-state index contributed by atoms with van der Waals surface area (Å²) in [5.74, 6) is 2.63. The van der Waals surface area contributed by atoms with Crippen molar-refractivity contribution in [3.8, 4) is 12.3 Å². The van der Waals surface area contributed by atoms with Crippen molar-refractivity contribution in [2.45, 2.75) is 0 Å². The molecular weight excluding hydrogens is 200 g/mol. The maximum Gasteiger partial charge on any atom is 0.0772 e. The first-order valence-electron chi connectivity index (χ1n) is 4.68. The quantitative estimate of drug-likeness (QED) is 0.659. The summed E-state index contributed by atoms with van der Waals surface area (Å²) >= 11 is 1.63. The Bertz CT molecular complexity index is 498. The minimum atomic E-state index is 0.975. The lowest BCUT2D eigenvalue weighted by atomic mass is 10.2. The van der Waals surface area contributed by atoms with Crippen LogP contribution in [0, 0.1) is 12.3 Å². The van der Waals surface area contributed by atoms with Crippen LogP contribution in [-0.4, -0.2) is 0 Å². The van der Waals surface area contributed by atoms with Crippen molar-refractivity contribution >= 4 is 23.5 Å². The predicted octanol–water partition coefficient (Wildman–Crippen LogP) is 3.90. The minimum Gasteiger partial charge on any atom is -0.127 e. The zero-order valence-corrected chi connectivity index (χ0v) is 9.00. The van der Waals surface area contributed by atoms with Crippen molar-refractivity contribution in [2.24, 2.45) is 0 Å². The third kappa shape index (κ3) is 2.59. The van der Waals surface area contributed by atoms with Gasteiger partial charge < -0.3 is 0 Å². The molecule has 15 heavy (non-hydrogen) atoms. The van der Waals surface area contributed by atoms with E-state index in [4.69, 9.17) is 6.42 Å². The summed E-state index contributed by atoms with van der Waals surface area (Å²) in [5, 5.41) is 0. The molecule has 0 aliphatic carbocycles. The zero-order chi connectivity index (χ0) is 10.5. The smallest absolute Gasteiger partial charge is 0.0772 e. The molecule has 1 aromatic heterocycles. The number of benzene rings is 1. The van der Waals surface area contributed by atoms with Crippen LogP contribution in [0.15, 0.2) is 42.5 Å². The lowest BCUT2D eigenvalue weighted by Crippen LogP contribution is -1.67. The van der Waals surface area contributed by atoms with Gasteiger partial charge in [-0.2, -0.15) is 0 Å². The van der Waals surface area contributed by atoms with Crippen LogP contribution in [-0.2, 0) is 0 Å². The fourth-order valence-electron chi connectivity index (χ4n) is 1.26. The van der Waals surface area contributed by atoms with Crippen molar-refractivity contribution in [1.82, 2.24) is 0 Å². The van der Waals surface area contributed by atoms with E-state index in [0.717, 1.165) is 4.88 Å². The van der Waals surface area contributed by atoms with E-state index in [0.29, 0.717) is 0 Å². The van der Waals surface area contributed by atoms with Gasteiger partial charge in [0.1, 0.15) is 0 Å². The van der Waals surface area contributed by atoms with Gasteiger partial charge in [0.25, 0.3) is 0 Å². The average Bonchev–Trinajstić information content (AvgIpc) is 2.76. The molecule has 1 aromatic carbocycles. The first kappa shape index (κ1) is 9.76. The Morgan fingerprint density at radius 1 is 1.00 bits per heavy atom. The molecule has 2 rings (SSSR count). The minimum absolute atomic E-state index is 0.975. The highest BCUT2D eigenvalue weighted by molar-refractivity contribution is 7.13. The molecule has 0 aliphatic heterocycles. The summed E-state index contributed by atoms with van der Waals surface area (Å²) in [6, 6.07) is 14.2. The fourth-order valence-corrected chi connectivity index (χ4v) is 1.98. The highest BCUT2D eigenvalue weighted by Crippen LogP contribution is 2.18. The molecule has 0 saturated carbocycles. The summed E-state index contributed by atoms with van der Waals surface area (Å²) < 4.78 is 0. The summed E-state index contributed by atoms with van der Waals surface area (Å²) in [5.41, 5.74) is 1.20. The molecule has 0 bridgehead atoms. The monoisotopic (exact) mass is 210 g/mol. The summed E-state index contributed by atoms with van der Waals surface area (Å²) in [4.78, 5) is 2.16. The Labute approximate surface area is 93.9 Å². The molecule has 0 atom stereocenters. The first-order valence-corrected chi connectivity index (χ1v) is 5.50. The van der Waals surface area contributed by atoms with Crippen LogP contribution in [0.1, 0.15) is 15.3 Å². The van der Waals surface area contributed by atoms with Crippen LogP contribution >= 0.6 is 11.3 Å². The van der Waals surface area contributed by atoms with Gasteiger partial charge in [0, 0.05) is 4.88 Å². The predicted molar refractivity (Wildman–Crippen MR) is 67.6 cm³/mol. The van der Waals surface area contributed by atoms with Crippen LogP contribution in [0.25, 0.3) is 12.2 Å². The Morgan fingerprint density at radius 3 is 2.47 bits per heavy atom. The third-order valence-electron chi connectivity index (χ3n) is 2.01. The zero-order valence-electron chi connectivity index (χ0n) is 8.18. The molecule has 0 unspecified atom stereocenters. The van der Waals surface area contributed by atoms with Gasteiger partial charge in [-0.15, -0.1) is 17.8 Å². The van der Waals surface area contributed by atoms with Crippen molar-refractivity contribution < 1.29 is 0 Å². The van der Waals surface area contributed by atoms with Gasteiger partial charge in [-0.1, -0.05) is 42.3 Å². The molecule has 2 aromatic rings. The summed E-state index contributed by atoms with van der Waals surface area (Å²) in [7, 11) is 0. The van der Waals surface area contributed by atoms with E-state index in [-0.39, 0.29) is 0 Å². The number of hydrogen-bond donors (Lipinski definition) is 0. The SMILES string of the molecule is C#Cc1ccc(/C=C/c2ccccc2)s1. The molecular formula is C14H10S. The maximum absolute atomic E-state index is 5.31. The molecule has 0 saturated heterocycles. The van der Waals surface area contributed by atoms with E-state index in [9.17, 15) is 0 Å². The van der Waals surface area contributed by atoms with Gasteiger partial charge in [0.15, 0.2) is 0 Å². The molecule has 1 heterocycles. The van der Waals surface area contributed by atoms with Gasteiger partial charge in [-0.05, 0) is 23.8 Å². The second-order valence-corrected chi connectivity index (χ2v) is 4.21. The topological polar surface area (TPSA) is 0 Å². The Morgan fingerprint density at radius 2 is 1.80 bits per heavy atom. The standard InChI is InChI=1S/C14H10S/c1-2-13-10-11-14(15-13)9-8-12-6-4-3-5-7-12/h1,3-11H/b9-8+. The third-order valence-corrected chi connectivity index (χ3v) is 2.99. The van der Waals surface area contributed by atoms with Gasteiger partial charge in [0.05, 0.1) is 4.88 Å². The second-order valence-electron chi connectivity index (χ2n) is 3.09. The molecule has 0 N–H and O–H groups in total. The highest BCUT2D eigenvalue weighted by Gasteiger charge is 1.92. The van der Waals surface area contributed by atoms with Crippen molar-refractivity contribution in [3.05, 3.63) is 57.8 Å². The number of thiophene rings is 1. The fraction of sp³-hybridized carbons (Fsp3) is 0. The van der Waals surface area contributed by atoms with Gasteiger partial charge in [-0.25, -0.2) is 0 Å². The number of hydrogen-bond acceptors (Lipinski definition) is 1. The van der Waals surface area contributed by atoms with E-state index in [1.807, 2.05) is 30.3 Å². The van der Waals surface area contributed by atoms with E-state index < -0.39 is 0 Å². The van der Waals surface area contributed by atoms with Crippen LogP contribution in [0.3, 0.4) is 0 Å². The van der Waals surface area contributed by atoms with E-state index >= 15 is 0 Å². The van der Waals surface area contributed by atoms with Crippen molar-refractivity contribution in [3.63, 3.8) is 0 Å². The molecule has 72 valence electrons. The molecule has 0 fully saturated rings. The van der Waals surface area contributed by atoms with Gasteiger partial charge in [-0.3, -0.25) is 0 Å². The lowest BCUT2D eigenvalue weighted by molar-refractivity contribution is 1.67. The van der Waals surface area contributed by atoms with E-state index in [1.165, 1.54) is 10.4 Å². The van der Waals surface area contributed by atoms with E-state index in [1.54, 1.807) is 11.3 Å². The van der Waals surface area contributed by atoms with Crippen molar-refractivity contribution in [2.75, 3.05) is 0 Å². The summed E-state index contributed by atoms with van der Waals surface area (Å²) in [6.07, 6.45) is 9.48. The van der Waals surface area contributed by atoms with Crippen molar-refractivity contribution in [1.29, 1.82) is 0 Å². The summed E-state index contributed by atoms with van der Waals surface area (Å²) in [6.45, 7) is 0. The first-order chi connectivity index (χ1) is 7.38. The Balaban J connectivity index is 2.16. The largest absolute Gasteiger partial charge is 0.127 e. The molecule has 1 heteroatoms. The molecule has 0 nitrogen and oxygen atoms in total. The van der Waals surface area contributed by atoms with Crippen LogP contribution in [0.5, 0.6) is 0 Å². The molecule has 0 amide bonds. The van der Waals surface area contributed by atoms with E-state index in [2.05, 4.69) is 30.2 Å². The average molecular weight is 210 g/mol. The normalized spacial score (nSPS) is 10.3. The molecule has 0 radical (unpaired) electrons. The lowest BCUT2D eigenvalue weighted by Gasteiger charge is -1.89.